The minimum Gasteiger partial charge on any atom is -0.300 e. The summed E-state index contributed by atoms with van der Waals surface area (Å²) in [5, 5.41) is 7.39. The first kappa shape index (κ1) is 10.5. The van der Waals surface area contributed by atoms with E-state index in [0.717, 1.165) is 4.77 Å². The third-order valence-electron chi connectivity index (χ3n) is 4.88. The van der Waals surface area contributed by atoms with E-state index in [0.29, 0.717) is 22.8 Å². The molecule has 1 aromatic rings. The van der Waals surface area contributed by atoms with Crippen LogP contribution in [0.3, 0.4) is 0 Å². The predicted octanol–water partition coefficient (Wildman–Crippen LogP) is 3.43. The van der Waals surface area contributed by atoms with Crippen molar-refractivity contribution in [2.24, 2.45) is 10.8 Å². The molecule has 2 saturated carbocycles. The van der Waals surface area contributed by atoms with Gasteiger partial charge in [-0.25, -0.2) is 0 Å². The number of H-pyrrole nitrogens is 1. The molecule has 0 bridgehead atoms. The molecule has 0 spiro atoms. The molecule has 2 aliphatic rings. The van der Waals surface area contributed by atoms with Crippen LogP contribution in [0.15, 0.2) is 0 Å². The molecule has 1 heterocycles. The van der Waals surface area contributed by atoms with Crippen molar-refractivity contribution in [1.29, 1.82) is 0 Å². The van der Waals surface area contributed by atoms with Crippen LogP contribution in [0, 0.1) is 15.6 Å². The van der Waals surface area contributed by atoms with E-state index >= 15 is 0 Å². The lowest BCUT2D eigenvalue weighted by Gasteiger charge is -2.07. The maximum Gasteiger partial charge on any atom is 0.195 e. The quantitative estimate of drug-likeness (QED) is 0.800. The molecule has 3 rings (SSSR count). The Kier molecular flexibility index (Phi) is 1.83. The number of hydrogen-bond acceptors (Lipinski definition) is 2. The summed E-state index contributed by atoms with van der Waals surface area (Å²) < 4.78 is 3.08. The number of hydrogen-bond donors (Lipinski definition) is 1. The maximum atomic E-state index is 5.39. The first-order valence-electron chi connectivity index (χ1n) is 6.04. The van der Waals surface area contributed by atoms with Gasteiger partial charge in [0.2, 0.25) is 0 Å². The SMILES string of the molecule is CC1(C)C(n2c(C3CC3)n[nH]c2=S)C1(C)C. The third kappa shape index (κ3) is 1.14. The van der Waals surface area contributed by atoms with Gasteiger partial charge >= 0.3 is 0 Å². The average molecular weight is 237 g/mol. The number of nitrogens with zero attached hydrogens (tertiary/aromatic N) is 2. The summed E-state index contributed by atoms with van der Waals surface area (Å²) in [5.41, 5.74) is 0.636. The summed E-state index contributed by atoms with van der Waals surface area (Å²) in [6, 6.07) is 0.502. The molecule has 16 heavy (non-hydrogen) atoms. The van der Waals surface area contributed by atoms with Crippen LogP contribution in [-0.4, -0.2) is 14.8 Å². The van der Waals surface area contributed by atoms with Gasteiger partial charge in [0.25, 0.3) is 0 Å². The predicted molar refractivity (Wildman–Crippen MR) is 66.0 cm³/mol. The van der Waals surface area contributed by atoms with E-state index in [1.54, 1.807) is 0 Å². The Hall–Kier alpha value is -0.640. The second-order valence-corrected chi connectivity index (χ2v) is 6.76. The van der Waals surface area contributed by atoms with Crippen LogP contribution in [0.2, 0.25) is 0 Å². The number of aromatic nitrogens is 3. The largest absolute Gasteiger partial charge is 0.300 e. The lowest BCUT2D eigenvalue weighted by Crippen LogP contribution is -2.05. The zero-order chi connectivity index (χ0) is 11.7. The highest BCUT2D eigenvalue weighted by atomic mass is 32.1. The minimum absolute atomic E-state index is 0.318. The fourth-order valence-corrected chi connectivity index (χ4v) is 3.25. The zero-order valence-corrected chi connectivity index (χ0v) is 11.2. The summed E-state index contributed by atoms with van der Waals surface area (Å²) in [6.07, 6.45) is 2.54. The Morgan fingerprint density at radius 2 is 1.81 bits per heavy atom. The second-order valence-electron chi connectivity index (χ2n) is 6.38. The Balaban J connectivity index is 2.08. The highest BCUT2D eigenvalue weighted by molar-refractivity contribution is 7.71. The van der Waals surface area contributed by atoms with Crippen LogP contribution in [0.1, 0.15) is 58.3 Å². The van der Waals surface area contributed by atoms with Gasteiger partial charge in [-0.1, -0.05) is 27.7 Å². The van der Waals surface area contributed by atoms with E-state index in [-0.39, 0.29) is 0 Å². The van der Waals surface area contributed by atoms with Gasteiger partial charge in [-0.3, -0.25) is 9.67 Å². The van der Waals surface area contributed by atoms with Gasteiger partial charge in [-0.2, -0.15) is 5.10 Å². The van der Waals surface area contributed by atoms with E-state index in [2.05, 4.69) is 42.5 Å². The van der Waals surface area contributed by atoms with E-state index < -0.39 is 0 Å². The Morgan fingerprint density at radius 1 is 1.25 bits per heavy atom. The van der Waals surface area contributed by atoms with Crippen molar-refractivity contribution in [3.05, 3.63) is 10.6 Å². The molecule has 0 amide bonds. The molecule has 3 nitrogen and oxygen atoms in total. The van der Waals surface area contributed by atoms with Gasteiger partial charge in [0.1, 0.15) is 5.82 Å². The monoisotopic (exact) mass is 237 g/mol. The summed E-state index contributed by atoms with van der Waals surface area (Å²) in [6.45, 7) is 9.29. The van der Waals surface area contributed by atoms with Crippen LogP contribution >= 0.6 is 12.2 Å². The lowest BCUT2D eigenvalue weighted by molar-refractivity contribution is 0.457. The van der Waals surface area contributed by atoms with E-state index in [1.165, 1.54) is 18.7 Å². The maximum absolute atomic E-state index is 5.39. The topological polar surface area (TPSA) is 33.6 Å². The molecule has 88 valence electrons. The molecular weight excluding hydrogens is 218 g/mol. The summed E-state index contributed by atoms with van der Waals surface area (Å²) in [5.74, 6) is 1.84. The van der Waals surface area contributed by atoms with Crippen molar-refractivity contribution in [2.75, 3.05) is 0 Å². The molecule has 0 atom stereocenters. The molecular formula is C12H19N3S. The van der Waals surface area contributed by atoms with Crippen molar-refractivity contribution < 1.29 is 0 Å². The lowest BCUT2D eigenvalue weighted by atomic mass is 10.0. The van der Waals surface area contributed by atoms with Crippen LogP contribution in [0.5, 0.6) is 0 Å². The zero-order valence-electron chi connectivity index (χ0n) is 10.4. The molecule has 0 aromatic carbocycles. The van der Waals surface area contributed by atoms with Crippen molar-refractivity contribution in [2.45, 2.75) is 52.5 Å². The van der Waals surface area contributed by atoms with E-state index in [1.807, 2.05) is 0 Å². The number of rotatable bonds is 2. The summed E-state index contributed by atoms with van der Waals surface area (Å²) in [7, 11) is 0. The third-order valence-corrected chi connectivity index (χ3v) is 5.16. The Morgan fingerprint density at radius 3 is 2.25 bits per heavy atom. The number of aromatic amines is 1. The smallest absolute Gasteiger partial charge is 0.195 e. The fraction of sp³-hybridized carbons (Fsp3) is 0.833. The van der Waals surface area contributed by atoms with Gasteiger partial charge < -0.3 is 0 Å². The highest BCUT2D eigenvalue weighted by Gasteiger charge is 2.66. The molecule has 4 heteroatoms. The Bertz CT molecular complexity index is 477. The van der Waals surface area contributed by atoms with Gasteiger partial charge in [0, 0.05) is 12.0 Å². The molecule has 0 aliphatic heterocycles. The molecule has 0 radical (unpaired) electrons. The molecule has 2 aliphatic carbocycles. The van der Waals surface area contributed by atoms with Gasteiger partial charge in [-0.15, -0.1) is 0 Å². The normalized spacial score (nSPS) is 27.0. The average Bonchev–Trinajstić information content (AvgIpc) is 3.01. The van der Waals surface area contributed by atoms with Crippen molar-refractivity contribution in [3.8, 4) is 0 Å². The first-order valence-corrected chi connectivity index (χ1v) is 6.45. The van der Waals surface area contributed by atoms with Crippen LogP contribution < -0.4 is 0 Å². The molecule has 2 fully saturated rings. The summed E-state index contributed by atoms with van der Waals surface area (Å²) in [4.78, 5) is 0. The summed E-state index contributed by atoms with van der Waals surface area (Å²) >= 11 is 5.39. The molecule has 1 N–H and O–H groups in total. The van der Waals surface area contributed by atoms with E-state index in [9.17, 15) is 0 Å². The van der Waals surface area contributed by atoms with Gasteiger partial charge in [0.15, 0.2) is 4.77 Å². The highest BCUT2D eigenvalue weighted by Crippen LogP contribution is 2.72. The van der Waals surface area contributed by atoms with Crippen molar-refractivity contribution in [3.63, 3.8) is 0 Å². The van der Waals surface area contributed by atoms with E-state index in [4.69, 9.17) is 12.2 Å². The van der Waals surface area contributed by atoms with Crippen molar-refractivity contribution >= 4 is 12.2 Å². The van der Waals surface area contributed by atoms with Crippen LogP contribution in [0.4, 0.5) is 0 Å². The van der Waals surface area contributed by atoms with Crippen LogP contribution in [-0.2, 0) is 0 Å². The standard InChI is InChI=1S/C12H19N3S/c1-11(2)9(12(11,3)4)15-8(7-5-6-7)13-14-10(15)16/h7,9H,5-6H2,1-4H3,(H,14,16). The molecule has 0 unspecified atom stereocenters. The number of nitrogens with one attached hydrogen (secondary N) is 1. The second kappa shape index (κ2) is 2.78. The first-order chi connectivity index (χ1) is 7.37. The van der Waals surface area contributed by atoms with Crippen molar-refractivity contribution in [1.82, 2.24) is 14.8 Å². The van der Waals surface area contributed by atoms with Gasteiger partial charge in [-0.05, 0) is 35.9 Å². The molecule has 0 saturated heterocycles. The van der Waals surface area contributed by atoms with Gasteiger partial charge in [0.05, 0.1) is 0 Å². The van der Waals surface area contributed by atoms with Crippen LogP contribution in [0.25, 0.3) is 0 Å². The molecule has 1 aromatic heterocycles. The Labute approximate surface area is 101 Å². The fourth-order valence-electron chi connectivity index (χ4n) is 3.00. The minimum atomic E-state index is 0.318.